The van der Waals surface area contributed by atoms with Crippen molar-refractivity contribution in [3.05, 3.63) is 68.3 Å². The summed E-state index contributed by atoms with van der Waals surface area (Å²) in [4.78, 5) is 0. The first-order valence-corrected chi connectivity index (χ1v) is 6.46. The van der Waals surface area contributed by atoms with Crippen LogP contribution in [0, 0.1) is 22.1 Å². The SMILES string of the molecule is Cc1ccc(F)cc1C(O)c1ccc(F)cc1I. The van der Waals surface area contributed by atoms with E-state index in [1.165, 1.54) is 30.3 Å². The second-order valence-corrected chi connectivity index (χ2v) is 5.23. The van der Waals surface area contributed by atoms with Crippen LogP contribution in [-0.4, -0.2) is 5.11 Å². The van der Waals surface area contributed by atoms with Crippen molar-refractivity contribution in [1.82, 2.24) is 0 Å². The third kappa shape index (κ3) is 2.70. The van der Waals surface area contributed by atoms with Crippen molar-refractivity contribution in [3.8, 4) is 0 Å². The molecule has 1 N–H and O–H groups in total. The molecule has 94 valence electrons. The second kappa shape index (κ2) is 5.32. The van der Waals surface area contributed by atoms with Crippen molar-refractivity contribution in [2.45, 2.75) is 13.0 Å². The summed E-state index contributed by atoms with van der Waals surface area (Å²) in [6.45, 7) is 1.80. The summed E-state index contributed by atoms with van der Waals surface area (Å²) in [5.74, 6) is -0.752. The van der Waals surface area contributed by atoms with Crippen LogP contribution in [0.4, 0.5) is 8.78 Å². The van der Waals surface area contributed by atoms with Crippen LogP contribution in [-0.2, 0) is 0 Å². The van der Waals surface area contributed by atoms with E-state index in [1.807, 2.05) is 22.6 Å². The van der Waals surface area contributed by atoms with Gasteiger partial charge in [-0.1, -0.05) is 12.1 Å². The summed E-state index contributed by atoms with van der Waals surface area (Å²) in [5, 5.41) is 10.3. The molecule has 0 amide bonds. The summed E-state index contributed by atoms with van der Waals surface area (Å²) in [6, 6.07) is 8.42. The maximum atomic E-state index is 13.2. The average Bonchev–Trinajstić information content (AvgIpc) is 2.31. The number of hydrogen-bond donors (Lipinski definition) is 1. The summed E-state index contributed by atoms with van der Waals surface area (Å²) in [5.41, 5.74) is 1.87. The first kappa shape index (κ1) is 13.4. The highest BCUT2D eigenvalue weighted by atomic mass is 127. The second-order valence-electron chi connectivity index (χ2n) is 4.07. The third-order valence-corrected chi connectivity index (χ3v) is 3.73. The maximum absolute atomic E-state index is 13.2. The van der Waals surface area contributed by atoms with Crippen molar-refractivity contribution in [1.29, 1.82) is 0 Å². The van der Waals surface area contributed by atoms with E-state index in [4.69, 9.17) is 0 Å². The number of aryl methyl sites for hydroxylation is 1. The van der Waals surface area contributed by atoms with Crippen molar-refractivity contribution in [2.75, 3.05) is 0 Å². The summed E-state index contributed by atoms with van der Waals surface area (Å²) >= 11 is 1.95. The van der Waals surface area contributed by atoms with Crippen LogP contribution in [0.2, 0.25) is 0 Å². The molecule has 1 unspecified atom stereocenters. The van der Waals surface area contributed by atoms with E-state index in [0.717, 1.165) is 5.56 Å². The fraction of sp³-hybridized carbons (Fsp3) is 0.143. The smallest absolute Gasteiger partial charge is 0.124 e. The summed E-state index contributed by atoms with van der Waals surface area (Å²) < 4.78 is 26.8. The van der Waals surface area contributed by atoms with Gasteiger partial charge in [-0.3, -0.25) is 0 Å². The van der Waals surface area contributed by atoms with Crippen LogP contribution in [0.3, 0.4) is 0 Å². The molecular weight excluding hydrogens is 349 g/mol. The predicted octanol–water partition coefficient (Wildman–Crippen LogP) is 3.96. The lowest BCUT2D eigenvalue weighted by molar-refractivity contribution is 0.218. The monoisotopic (exact) mass is 360 g/mol. The van der Waals surface area contributed by atoms with Crippen molar-refractivity contribution in [3.63, 3.8) is 0 Å². The van der Waals surface area contributed by atoms with Crippen LogP contribution in [0.15, 0.2) is 36.4 Å². The molecule has 1 nitrogen and oxygen atoms in total. The van der Waals surface area contributed by atoms with Gasteiger partial charge in [-0.25, -0.2) is 8.78 Å². The average molecular weight is 360 g/mol. The molecule has 0 saturated carbocycles. The van der Waals surface area contributed by atoms with Gasteiger partial charge in [0.15, 0.2) is 0 Å². The van der Waals surface area contributed by atoms with E-state index in [1.54, 1.807) is 13.0 Å². The number of aliphatic hydroxyl groups excluding tert-OH is 1. The molecule has 2 aromatic carbocycles. The minimum absolute atomic E-state index is 0.355. The third-order valence-electron chi connectivity index (χ3n) is 2.79. The molecule has 0 aliphatic heterocycles. The Balaban J connectivity index is 2.47. The minimum Gasteiger partial charge on any atom is -0.384 e. The molecule has 0 fully saturated rings. The first-order valence-electron chi connectivity index (χ1n) is 5.38. The highest BCUT2D eigenvalue weighted by molar-refractivity contribution is 14.1. The molecule has 0 radical (unpaired) electrons. The fourth-order valence-corrected chi connectivity index (χ4v) is 2.57. The van der Waals surface area contributed by atoms with Gasteiger partial charge in [0.2, 0.25) is 0 Å². The zero-order valence-electron chi connectivity index (χ0n) is 9.62. The Morgan fingerprint density at radius 2 is 1.61 bits per heavy atom. The Labute approximate surface area is 118 Å². The van der Waals surface area contributed by atoms with Crippen LogP contribution >= 0.6 is 22.6 Å². The Hall–Kier alpha value is -1.01. The Bertz CT molecular complexity index is 584. The van der Waals surface area contributed by atoms with Crippen molar-refractivity contribution < 1.29 is 13.9 Å². The molecule has 0 saturated heterocycles. The Kier molecular flexibility index (Phi) is 3.97. The molecule has 1 atom stereocenters. The molecule has 2 rings (SSSR count). The highest BCUT2D eigenvalue weighted by Gasteiger charge is 2.16. The minimum atomic E-state index is -0.951. The number of benzene rings is 2. The van der Waals surface area contributed by atoms with Crippen molar-refractivity contribution >= 4 is 22.6 Å². The normalized spacial score (nSPS) is 12.5. The molecule has 0 bridgehead atoms. The lowest BCUT2D eigenvalue weighted by Crippen LogP contribution is -2.05. The quantitative estimate of drug-likeness (QED) is 0.804. The first-order chi connectivity index (χ1) is 8.49. The Morgan fingerprint density at radius 1 is 1.00 bits per heavy atom. The van der Waals surface area contributed by atoms with Crippen LogP contribution in [0.5, 0.6) is 0 Å². The molecular formula is C14H11F2IO. The molecule has 4 heteroatoms. The van der Waals surface area contributed by atoms with E-state index in [2.05, 4.69) is 0 Å². The molecule has 2 aromatic rings. The van der Waals surface area contributed by atoms with Gasteiger partial charge >= 0.3 is 0 Å². The van der Waals surface area contributed by atoms with Crippen LogP contribution in [0.1, 0.15) is 22.8 Å². The topological polar surface area (TPSA) is 20.2 Å². The van der Waals surface area contributed by atoms with Gasteiger partial charge in [0.25, 0.3) is 0 Å². The maximum Gasteiger partial charge on any atom is 0.124 e. The van der Waals surface area contributed by atoms with E-state index in [-0.39, 0.29) is 5.82 Å². The van der Waals surface area contributed by atoms with E-state index >= 15 is 0 Å². The number of hydrogen-bond acceptors (Lipinski definition) is 1. The summed E-state index contributed by atoms with van der Waals surface area (Å²) in [6.07, 6.45) is -0.951. The molecule has 0 aliphatic rings. The van der Waals surface area contributed by atoms with Gasteiger partial charge in [0.1, 0.15) is 17.7 Å². The standard InChI is InChI=1S/C14H11F2IO/c1-8-2-3-9(15)6-12(8)14(18)11-5-4-10(16)7-13(11)17/h2-7,14,18H,1H3. The molecule has 0 heterocycles. The molecule has 18 heavy (non-hydrogen) atoms. The molecule has 0 spiro atoms. The zero-order valence-corrected chi connectivity index (χ0v) is 11.8. The van der Waals surface area contributed by atoms with Crippen LogP contribution in [0.25, 0.3) is 0 Å². The number of aliphatic hydroxyl groups is 1. The van der Waals surface area contributed by atoms with Gasteiger partial charge in [0.05, 0.1) is 0 Å². The van der Waals surface area contributed by atoms with Gasteiger partial charge < -0.3 is 5.11 Å². The number of rotatable bonds is 2. The van der Waals surface area contributed by atoms with Crippen LogP contribution < -0.4 is 0 Å². The van der Waals surface area contributed by atoms with E-state index in [0.29, 0.717) is 14.7 Å². The highest BCUT2D eigenvalue weighted by Crippen LogP contribution is 2.29. The lowest BCUT2D eigenvalue weighted by Gasteiger charge is -2.15. The van der Waals surface area contributed by atoms with E-state index < -0.39 is 11.9 Å². The fourth-order valence-electron chi connectivity index (χ4n) is 1.80. The predicted molar refractivity (Wildman–Crippen MR) is 74.3 cm³/mol. The largest absolute Gasteiger partial charge is 0.384 e. The van der Waals surface area contributed by atoms with Crippen molar-refractivity contribution in [2.24, 2.45) is 0 Å². The summed E-state index contributed by atoms with van der Waals surface area (Å²) in [7, 11) is 0. The van der Waals surface area contributed by atoms with E-state index in [9.17, 15) is 13.9 Å². The zero-order chi connectivity index (χ0) is 13.3. The van der Waals surface area contributed by atoms with Gasteiger partial charge in [0, 0.05) is 3.57 Å². The van der Waals surface area contributed by atoms with Gasteiger partial charge in [-0.15, -0.1) is 0 Å². The lowest BCUT2D eigenvalue weighted by atomic mass is 9.97. The Morgan fingerprint density at radius 3 is 2.28 bits per heavy atom. The molecule has 0 aromatic heterocycles. The van der Waals surface area contributed by atoms with Gasteiger partial charge in [-0.2, -0.15) is 0 Å². The van der Waals surface area contributed by atoms with Gasteiger partial charge in [-0.05, 0) is 70.5 Å². The molecule has 0 aliphatic carbocycles. The number of halogens is 3.